The number of H-pyrrole nitrogens is 1. The first-order chi connectivity index (χ1) is 10.1. The fourth-order valence-electron chi connectivity index (χ4n) is 2.46. The van der Waals surface area contributed by atoms with E-state index < -0.39 is 0 Å². The number of aromatic nitrogens is 2. The summed E-state index contributed by atoms with van der Waals surface area (Å²) < 4.78 is 0. The number of nitrogens with one attached hydrogen (secondary N) is 2. The van der Waals surface area contributed by atoms with Crippen LogP contribution in [-0.2, 0) is 29.1 Å². The number of amides is 2. The molecule has 1 aromatic carbocycles. The maximum absolute atomic E-state index is 11.9. The van der Waals surface area contributed by atoms with E-state index in [0.29, 0.717) is 13.1 Å². The van der Waals surface area contributed by atoms with Crippen LogP contribution in [0.4, 0.5) is 5.69 Å². The van der Waals surface area contributed by atoms with Crippen LogP contribution in [0.25, 0.3) is 0 Å². The molecule has 2 N–H and O–H groups in total. The average Bonchev–Trinajstić information content (AvgIpc) is 3.06. The molecule has 1 aliphatic rings. The van der Waals surface area contributed by atoms with Crippen molar-refractivity contribution < 1.29 is 9.59 Å². The van der Waals surface area contributed by atoms with Crippen molar-refractivity contribution in [3.05, 3.63) is 47.3 Å². The highest BCUT2D eigenvalue weighted by Crippen LogP contribution is 2.25. The van der Waals surface area contributed by atoms with Crippen molar-refractivity contribution in [2.24, 2.45) is 0 Å². The second-order valence-electron chi connectivity index (χ2n) is 5.17. The summed E-state index contributed by atoms with van der Waals surface area (Å²) in [4.78, 5) is 25.1. The molecule has 2 heterocycles. The Hall–Kier alpha value is -2.63. The van der Waals surface area contributed by atoms with Crippen LogP contribution >= 0.6 is 0 Å². The van der Waals surface area contributed by atoms with Crippen molar-refractivity contribution in [1.82, 2.24) is 15.1 Å². The number of hydrogen-bond acceptors (Lipinski definition) is 3. The van der Waals surface area contributed by atoms with Gasteiger partial charge < -0.3 is 10.2 Å². The van der Waals surface area contributed by atoms with Crippen LogP contribution < -0.4 is 5.32 Å². The summed E-state index contributed by atoms with van der Waals surface area (Å²) in [5, 5.41) is 9.43. The number of carbonyl (C=O) groups excluding carboxylic acids is 2. The predicted octanol–water partition coefficient (Wildman–Crippen LogP) is 1.45. The molecule has 1 aliphatic heterocycles. The number of carbonyl (C=O) groups is 2. The maximum atomic E-state index is 11.9. The van der Waals surface area contributed by atoms with E-state index in [4.69, 9.17) is 0 Å². The van der Waals surface area contributed by atoms with Gasteiger partial charge in [-0.1, -0.05) is 6.07 Å². The van der Waals surface area contributed by atoms with E-state index in [0.717, 1.165) is 22.5 Å². The molecule has 108 valence electrons. The van der Waals surface area contributed by atoms with Gasteiger partial charge in [0.15, 0.2) is 0 Å². The Morgan fingerprint density at radius 3 is 2.81 bits per heavy atom. The largest absolute Gasteiger partial charge is 0.334 e. The third-order valence-electron chi connectivity index (χ3n) is 3.57. The van der Waals surface area contributed by atoms with Crippen LogP contribution in [0.15, 0.2) is 30.5 Å². The highest BCUT2D eigenvalue weighted by Gasteiger charge is 2.21. The Kier molecular flexibility index (Phi) is 3.43. The number of benzene rings is 1. The zero-order chi connectivity index (χ0) is 14.8. The fourth-order valence-corrected chi connectivity index (χ4v) is 2.46. The molecular weight excluding hydrogens is 268 g/mol. The first-order valence-electron chi connectivity index (χ1n) is 6.77. The quantitative estimate of drug-likeness (QED) is 0.895. The average molecular weight is 284 g/mol. The van der Waals surface area contributed by atoms with Crippen molar-refractivity contribution in [3.63, 3.8) is 0 Å². The van der Waals surface area contributed by atoms with Crippen molar-refractivity contribution in [2.45, 2.75) is 26.4 Å². The van der Waals surface area contributed by atoms with Gasteiger partial charge in [-0.05, 0) is 29.3 Å². The van der Waals surface area contributed by atoms with Crippen LogP contribution in [0.5, 0.6) is 0 Å². The van der Waals surface area contributed by atoms with Crippen molar-refractivity contribution in [1.29, 1.82) is 0 Å². The molecule has 6 heteroatoms. The van der Waals surface area contributed by atoms with Gasteiger partial charge in [0.25, 0.3) is 0 Å². The van der Waals surface area contributed by atoms with Gasteiger partial charge in [0.05, 0.1) is 6.42 Å². The molecule has 0 spiro atoms. The lowest BCUT2D eigenvalue weighted by Crippen LogP contribution is -2.21. The Morgan fingerprint density at radius 2 is 2.10 bits per heavy atom. The fraction of sp³-hybridized carbons (Fsp3) is 0.267. The van der Waals surface area contributed by atoms with Crippen LogP contribution in [0, 0.1) is 0 Å². The van der Waals surface area contributed by atoms with Gasteiger partial charge in [-0.3, -0.25) is 14.7 Å². The number of aromatic amines is 1. The minimum atomic E-state index is -0.0966. The van der Waals surface area contributed by atoms with Gasteiger partial charge in [-0.2, -0.15) is 5.10 Å². The van der Waals surface area contributed by atoms with Crippen molar-refractivity contribution in [3.8, 4) is 0 Å². The second-order valence-corrected chi connectivity index (χ2v) is 5.17. The topological polar surface area (TPSA) is 78.1 Å². The summed E-state index contributed by atoms with van der Waals surface area (Å²) in [6.45, 7) is 2.82. The van der Waals surface area contributed by atoms with Gasteiger partial charge in [-0.15, -0.1) is 0 Å². The molecule has 0 saturated carbocycles. The first kappa shape index (κ1) is 13.4. The van der Waals surface area contributed by atoms with Gasteiger partial charge in [0.2, 0.25) is 11.8 Å². The molecule has 1 aromatic heterocycles. The zero-order valence-electron chi connectivity index (χ0n) is 11.7. The molecule has 6 nitrogen and oxygen atoms in total. The van der Waals surface area contributed by atoms with Crippen LogP contribution in [0.1, 0.15) is 23.7 Å². The standard InChI is InChI=1S/C15H16N4O2/c1-10(20)19-8-11-2-3-13(6-12(11)9-19)17-15(21)7-14-4-5-16-18-14/h2-6H,7-9H2,1H3,(H,16,18)(H,17,21). The number of hydrogen-bond donors (Lipinski definition) is 2. The van der Waals surface area contributed by atoms with Crippen LogP contribution in [0.3, 0.4) is 0 Å². The summed E-state index contributed by atoms with van der Waals surface area (Å²) in [6, 6.07) is 7.54. The highest BCUT2D eigenvalue weighted by atomic mass is 16.2. The highest BCUT2D eigenvalue weighted by molar-refractivity contribution is 5.92. The minimum absolute atomic E-state index is 0.0658. The van der Waals surface area contributed by atoms with Crippen LogP contribution in [-0.4, -0.2) is 26.9 Å². The summed E-state index contributed by atoms with van der Waals surface area (Å²) >= 11 is 0. The van der Waals surface area contributed by atoms with E-state index in [-0.39, 0.29) is 18.2 Å². The normalized spacial score (nSPS) is 13.1. The monoisotopic (exact) mass is 284 g/mol. The Morgan fingerprint density at radius 1 is 1.29 bits per heavy atom. The molecule has 0 bridgehead atoms. The Balaban J connectivity index is 1.67. The lowest BCUT2D eigenvalue weighted by atomic mass is 10.1. The summed E-state index contributed by atoms with van der Waals surface area (Å²) in [5.41, 5.74) is 3.75. The summed E-state index contributed by atoms with van der Waals surface area (Å²) in [6.07, 6.45) is 1.88. The molecule has 3 rings (SSSR count). The maximum Gasteiger partial charge on any atom is 0.230 e. The second kappa shape index (κ2) is 5.40. The van der Waals surface area contributed by atoms with Gasteiger partial charge in [-0.25, -0.2) is 0 Å². The molecule has 2 aromatic rings. The number of nitrogens with zero attached hydrogens (tertiary/aromatic N) is 2. The third kappa shape index (κ3) is 2.94. The van der Waals surface area contributed by atoms with E-state index in [2.05, 4.69) is 15.5 Å². The van der Waals surface area contributed by atoms with E-state index in [1.165, 1.54) is 0 Å². The van der Waals surface area contributed by atoms with Crippen molar-refractivity contribution in [2.75, 3.05) is 5.32 Å². The molecule has 0 atom stereocenters. The van der Waals surface area contributed by atoms with Gasteiger partial charge >= 0.3 is 0 Å². The summed E-state index contributed by atoms with van der Waals surface area (Å²) in [5.74, 6) is -0.0309. The van der Waals surface area contributed by atoms with E-state index in [1.54, 1.807) is 24.1 Å². The lowest BCUT2D eigenvalue weighted by molar-refractivity contribution is -0.129. The van der Waals surface area contributed by atoms with E-state index >= 15 is 0 Å². The molecule has 21 heavy (non-hydrogen) atoms. The van der Waals surface area contributed by atoms with Crippen LogP contribution in [0.2, 0.25) is 0 Å². The molecule has 0 aliphatic carbocycles. The van der Waals surface area contributed by atoms with E-state index in [1.807, 2.05) is 18.2 Å². The smallest absolute Gasteiger partial charge is 0.230 e. The lowest BCUT2D eigenvalue weighted by Gasteiger charge is -2.11. The number of anilines is 1. The number of rotatable bonds is 3. The molecule has 2 amide bonds. The number of fused-ring (bicyclic) bond motifs is 1. The summed E-state index contributed by atoms with van der Waals surface area (Å²) in [7, 11) is 0. The SMILES string of the molecule is CC(=O)N1Cc2ccc(NC(=O)Cc3ccn[nH]3)cc2C1. The first-order valence-corrected chi connectivity index (χ1v) is 6.77. The van der Waals surface area contributed by atoms with Crippen molar-refractivity contribution >= 4 is 17.5 Å². The van der Waals surface area contributed by atoms with Gasteiger partial charge in [0, 0.05) is 37.6 Å². The molecule has 0 saturated heterocycles. The van der Waals surface area contributed by atoms with Gasteiger partial charge in [0.1, 0.15) is 0 Å². The van der Waals surface area contributed by atoms with E-state index in [9.17, 15) is 9.59 Å². The Bertz CT molecular complexity index is 679. The third-order valence-corrected chi connectivity index (χ3v) is 3.57. The molecule has 0 radical (unpaired) electrons. The molecule has 0 unspecified atom stereocenters. The predicted molar refractivity (Wildman–Crippen MR) is 77.3 cm³/mol. The minimum Gasteiger partial charge on any atom is -0.334 e. The Labute approximate surface area is 122 Å². The zero-order valence-corrected chi connectivity index (χ0v) is 11.7. The molecule has 0 fully saturated rings. The molecular formula is C15H16N4O2.